The average Bonchev–Trinajstić information content (AvgIpc) is 3.55. The van der Waals surface area contributed by atoms with E-state index in [0.29, 0.717) is 17.5 Å². The fourth-order valence-corrected chi connectivity index (χ4v) is 6.04. The molecule has 0 radical (unpaired) electrons. The number of rotatable bonds is 4. The van der Waals surface area contributed by atoms with Gasteiger partial charge in [-0.05, 0) is 37.3 Å². The minimum Gasteiger partial charge on any atom is -0.310 e. The van der Waals surface area contributed by atoms with Crippen LogP contribution in [0.3, 0.4) is 0 Å². The maximum atomic E-state index is 4.70. The number of hydrogen-bond donors (Lipinski definition) is 1. The number of hydrogen-bond acceptors (Lipinski definition) is 5. The Morgan fingerprint density at radius 3 is 2.47 bits per heavy atom. The Hall–Kier alpha value is -3.32. The minimum absolute atomic E-state index is 0. The van der Waals surface area contributed by atoms with E-state index < -0.39 is 0 Å². The van der Waals surface area contributed by atoms with Crippen LogP contribution in [0, 0.1) is 5.41 Å². The van der Waals surface area contributed by atoms with Gasteiger partial charge >= 0.3 is 0 Å². The summed E-state index contributed by atoms with van der Waals surface area (Å²) in [6, 6.07) is 10.2. The summed E-state index contributed by atoms with van der Waals surface area (Å²) in [5.74, 6) is 0.723. The molecule has 4 aromatic rings. The van der Waals surface area contributed by atoms with E-state index >= 15 is 0 Å². The van der Waals surface area contributed by atoms with Crippen LogP contribution in [0.5, 0.6) is 0 Å². The fraction of sp³-hybridized carbons (Fsp3) is 0.360. The molecule has 0 bridgehead atoms. The van der Waals surface area contributed by atoms with E-state index in [2.05, 4.69) is 43.4 Å². The summed E-state index contributed by atoms with van der Waals surface area (Å²) in [6.45, 7) is 0. The first-order valence-corrected chi connectivity index (χ1v) is 11.4. The van der Waals surface area contributed by atoms with Crippen LogP contribution in [0.1, 0.15) is 34.6 Å². The lowest BCUT2D eigenvalue weighted by atomic mass is 9.55. The van der Waals surface area contributed by atoms with Gasteiger partial charge in [0.15, 0.2) is 5.82 Å². The van der Waals surface area contributed by atoms with Gasteiger partial charge in [0, 0.05) is 74.4 Å². The number of nitrogens with one attached hydrogen (secondary N) is 1. The Bertz CT molecular complexity index is 1310. The first kappa shape index (κ1) is 18.3. The highest BCUT2D eigenvalue weighted by Crippen LogP contribution is 2.62. The number of piperidine rings is 1. The predicted molar refractivity (Wildman–Crippen MR) is 126 cm³/mol. The Morgan fingerprint density at radius 2 is 1.75 bits per heavy atom. The summed E-state index contributed by atoms with van der Waals surface area (Å²) in [5, 5.41) is 12.7. The fourth-order valence-electron chi connectivity index (χ4n) is 6.04. The Balaban J connectivity index is 0.00000120. The van der Waals surface area contributed by atoms with E-state index in [1.807, 2.05) is 54.8 Å². The van der Waals surface area contributed by atoms with Gasteiger partial charge in [-0.2, -0.15) is 10.2 Å². The summed E-state index contributed by atoms with van der Waals surface area (Å²) in [4.78, 5) is 9.31. The van der Waals surface area contributed by atoms with Crippen molar-refractivity contribution in [2.75, 3.05) is 0 Å². The second kappa shape index (κ2) is 6.59. The number of aryl methyl sites for hydroxylation is 1. The normalized spacial score (nSPS) is 28.0. The monoisotopic (exact) mass is 427 g/mol. The third-order valence-electron chi connectivity index (χ3n) is 7.93. The van der Waals surface area contributed by atoms with E-state index in [-0.39, 0.29) is 2.85 Å². The summed E-state index contributed by atoms with van der Waals surface area (Å²) in [6.07, 6.45) is 17.0. The van der Waals surface area contributed by atoms with Gasteiger partial charge in [0.1, 0.15) is 0 Å². The zero-order valence-electron chi connectivity index (χ0n) is 18.0. The zero-order valence-corrected chi connectivity index (χ0v) is 18.0. The van der Waals surface area contributed by atoms with Crippen LogP contribution < -0.4 is 5.32 Å². The van der Waals surface area contributed by atoms with Crippen LogP contribution >= 0.6 is 0 Å². The zero-order chi connectivity index (χ0) is 21.3. The Kier molecular flexibility index (Phi) is 3.76. The van der Waals surface area contributed by atoms with Gasteiger partial charge in [0.2, 0.25) is 0 Å². The Morgan fingerprint density at radius 1 is 0.938 bits per heavy atom. The van der Waals surface area contributed by atoms with Crippen molar-refractivity contribution in [2.24, 2.45) is 12.5 Å². The number of aromatic nitrogens is 6. The summed E-state index contributed by atoms with van der Waals surface area (Å²) < 4.78 is 3.98. The molecule has 4 atom stereocenters. The van der Waals surface area contributed by atoms with Gasteiger partial charge in [-0.15, -0.1) is 0 Å². The van der Waals surface area contributed by atoms with E-state index in [1.54, 1.807) is 0 Å². The average molecular weight is 428 g/mol. The summed E-state index contributed by atoms with van der Waals surface area (Å²) in [5.41, 5.74) is 5.85. The van der Waals surface area contributed by atoms with Crippen LogP contribution in [0.2, 0.25) is 0 Å². The van der Waals surface area contributed by atoms with Crippen LogP contribution in [-0.4, -0.2) is 41.6 Å². The second-order valence-corrected chi connectivity index (χ2v) is 9.63. The van der Waals surface area contributed by atoms with Gasteiger partial charge in [-0.1, -0.05) is 18.2 Å². The van der Waals surface area contributed by atoms with Gasteiger partial charge in [-0.25, -0.2) is 9.97 Å². The molecule has 4 heterocycles. The van der Waals surface area contributed by atoms with Gasteiger partial charge in [0.05, 0.1) is 18.4 Å². The molecule has 0 amide bonds. The van der Waals surface area contributed by atoms with Crippen LogP contribution in [-0.2, 0) is 7.05 Å². The second-order valence-electron chi connectivity index (χ2n) is 9.63. The van der Waals surface area contributed by atoms with Crippen LogP contribution in [0.25, 0.3) is 33.6 Å². The topological polar surface area (TPSA) is 73.5 Å². The lowest BCUT2D eigenvalue weighted by Crippen LogP contribution is -2.73. The molecule has 7 heteroatoms. The van der Waals surface area contributed by atoms with Gasteiger partial charge in [-0.3, -0.25) is 9.36 Å². The molecule has 3 unspecified atom stereocenters. The quantitative estimate of drug-likeness (QED) is 0.524. The van der Waals surface area contributed by atoms with Crippen molar-refractivity contribution >= 4 is 0 Å². The molecule has 164 valence electrons. The third-order valence-corrected chi connectivity index (χ3v) is 7.93. The molecule has 3 fully saturated rings. The van der Waals surface area contributed by atoms with Crippen molar-refractivity contribution in [1.82, 2.24) is 34.8 Å². The molecule has 1 N–H and O–H groups in total. The molecule has 7 rings (SSSR count). The van der Waals surface area contributed by atoms with Crippen molar-refractivity contribution in [1.29, 1.82) is 0 Å². The summed E-state index contributed by atoms with van der Waals surface area (Å²) in [7, 11) is 1.93. The highest BCUT2D eigenvalue weighted by molar-refractivity contribution is 5.70. The molecule has 1 saturated heterocycles. The van der Waals surface area contributed by atoms with Gasteiger partial charge < -0.3 is 5.32 Å². The molecule has 1 spiro atoms. The summed E-state index contributed by atoms with van der Waals surface area (Å²) >= 11 is 0. The standard InChI is InChI=1S/C25H25N7.2H2/c1-31-14-19(12-28-31)16-3-2-4-17(7-16)24-26-10-18(11-27-24)20-13-29-32(15-20)21-8-23-25(9-21)6-5-22(25)30-23;;/h2-4,7,10-15,21-23,30H,5-6,8-9H2,1H3;2*1H/t21?,22-,23?,25?;;/m0../s1. The van der Waals surface area contributed by atoms with Crippen LogP contribution in [0.4, 0.5) is 0 Å². The smallest absolute Gasteiger partial charge is 0.159 e. The highest BCUT2D eigenvalue weighted by atomic mass is 15.3. The molecular weight excluding hydrogens is 398 g/mol. The predicted octanol–water partition coefficient (Wildman–Crippen LogP) is 4.36. The van der Waals surface area contributed by atoms with E-state index in [1.165, 1.54) is 25.7 Å². The molecular formula is C25H29N7. The molecule has 32 heavy (non-hydrogen) atoms. The molecule has 2 aliphatic carbocycles. The molecule has 1 aromatic carbocycles. The van der Waals surface area contributed by atoms with Crippen molar-refractivity contribution in [3.8, 4) is 33.6 Å². The number of benzene rings is 1. The van der Waals surface area contributed by atoms with Crippen molar-refractivity contribution < 1.29 is 2.85 Å². The lowest BCUT2D eigenvalue weighted by molar-refractivity contribution is -0.0573. The maximum absolute atomic E-state index is 4.70. The lowest BCUT2D eigenvalue weighted by Gasteiger charge is -2.62. The van der Waals surface area contributed by atoms with Crippen molar-refractivity contribution in [2.45, 2.75) is 43.8 Å². The van der Waals surface area contributed by atoms with E-state index in [9.17, 15) is 0 Å². The van der Waals surface area contributed by atoms with Crippen LogP contribution in [0.15, 0.2) is 61.4 Å². The highest BCUT2D eigenvalue weighted by Gasteiger charge is 2.64. The van der Waals surface area contributed by atoms with Crippen molar-refractivity contribution in [3.05, 3.63) is 61.4 Å². The SMILES string of the molecule is Cn1cc(-c2cccc(-c3ncc(-c4cnn(C5CC6N[C@H]7CCC67C5)c4)cn3)c2)cn1.[HH].[HH]. The van der Waals surface area contributed by atoms with Crippen molar-refractivity contribution in [3.63, 3.8) is 0 Å². The number of nitrogens with zero attached hydrogens (tertiary/aromatic N) is 6. The first-order valence-electron chi connectivity index (χ1n) is 11.4. The Labute approximate surface area is 189 Å². The van der Waals surface area contributed by atoms with E-state index in [0.717, 1.165) is 39.7 Å². The molecule has 7 nitrogen and oxygen atoms in total. The van der Waals surface area contributed by atoms with E-state index in [4.69, 9.17) is 5.10 Å². The third kappa shape index (κ3) is 2.64. The maximum Gasteiger partial charge on any atom is 0.159 e. The first-order chi connectivity index (χ1) is 15.7. The molecule has 2 saturated carbocycles. The van der Waals surface area contributed by atoms with Gasteiger partial charge in [0.25, 0.3) is 0 Å². The molecule has 3 aromatic heterocycles. The largest absolute Gasteiger partial charge is 0.310 e. The minimum atomic E-state index is 0. The molecule has 3 aliphatic rings. The molecule has 1 aliphatic heterocycles.